The predicted molar refractivity (Wildman–Crippen MR) is 49.4 cm³/mol. The molecule has 0 amide bonds. The van der Waals surface area contributed by atoms with Gasteiger partial charge >= 0.3 is 0 Å². The van der Waals surface area contributed by atoms with Crippen LogP contribution in [0.3, 0.4) is 0 Å². The van der Waals surface area contributed by atoms with Crippen LogP contribution in [-0.4, -0.2) is 20.2 Å². The summed E-state index contributed by atoms with van der Waals surface area (Å²) in [6.45, 7) is 1.98. The van der Waals surface area contributed by atoms with Gasteiger partial charge in [0.25, 0.3) is 0 Å². The first-order valence-electron chi connectivity index (χ1n) is 4.33. The largest absolute Gasteiger partial charge is 0.469 e. The third-order valence-corrected chi connectivity index (χ3v) is 2.01. The van der Waals surface area contributed by atoms with Crippen LogP contribution in [0.5, 0.6) is 0 Å². The molecule has 0 spiro atoms. The molecule has 14 heavy (non-hydrogen) atoms. The van der Waals surface area contributed by atoms with Crippen LogP contribution >= 0.6 is 0 Å². The van der Waals surface area contributed by atoms with Crippen molar-refractivity contribution in [3.63, 3.8) is 0 Å². The van der Waals surface area contributed by atoms with E-state index in [1.165, 1.54) is 0 Å². The first-order chi connectivity index (χ1) is 6.77. The fraction of sp³-hybridized carbons (Fsp3) is 0.375. The number of nitrogens with two attached hydrogens (primary N) is 1. The van der Waals surface area contributed by atoms with E-state index >= 15 is 0 Å². The van der Waals surface area contributed by atoms with E-state index in [1.54, 1.807) is 10.9 Å². The summed E-state index contributed by atoms with van der Waals surface area (Å²) in [6, 6.07) is 3.86. The van der Waals surface area contributed by atoms with Gasteiger partial charge < -0.3 is 10.2 Å². The van der Waals surface area contributed by atoms with Crippen molar-refractivity contribution in [3.05, 3.63) is 24.2 Å². The van der Waals surface area contributed by atoms with Gasteiger partial charge in [-0.15, -0.1) is 0 Å². The molecular formula is C8H11N5O. The molecule has 2 aromatic heterocycles. The first-order valence-corrected chi connectivity index (χ1v) is 4.33. The number of aromatic nitrogens is 4. The number of tetrazole rings is 1. The highest BCUT2D eigenvalue weighted by atomic mass is 16.3. The average molecular weight is 193 g/mol. The van der Waals surface area contributed by atoms with Crippen LogP contribution in [0.4, 0.5) is 5.95 Å². The summed E-state index contributed by atoms with van der Waals surface area (Å²) >= 11 is 0. The van der Waals surface area contributed by atoms with E-state index in [9.17, 15) is 0 Å². The standard InChI is InChI=1S/C8H11N5O/c1-6(5-7-3-2-4-14-7)13-8(9)10-11-12-13/h2-4,6H,5H2,1H3,(H2,9,10,12). The van der Waals surface area contributed by atoms with Crippen LogP contribution in [0.1, 0.15) is 18.7 Å². The Bertz CT molecular complexity index is 394. The second kappa shape index (κ2) is 3.49. The zero-order chi connectivity index (χ0) is 9.97. The van der Waals surface area contributed by atoms with Gasteiger partial charge in [0.15, 0.2) is 0 Å². The van der Waals surface area contributed by atoms with Crippen molar-refractivity contribution in [3.8, 4) is 0 Å². The predicted octanol–water partition coefficient (Wildman–Crippen LogP) is 0.652. The fourth-order valence-corrected chi connectivity index (χ4v) is 1.32. The van der Waals surface area contributed by atoms with Crippen LogP contribution in [-0.2, 0) is 6.42 Å². The van der Waals surface area contributed by atoms with Crippen molar-refractivity contribution in [2.75, 3.05) is 5.73 Å². The summed E-state index contributed by atoms with van der Waals surface area (Å²) in [5, 5.41) is 10.9. The molecule has 0 fully saturated rings. The van der Waals surface area contributed by atoms with Crippen LogP contribution in [0.25, 0.3) is 0 Å². The van der Waals surface area contributed by atoms with Gasteiger partial charge in [0.2, 0.25) is 5.95 Å². The SMILES string of the molecule is CC(Cc1ccco1)n1nnnc1N. The minimum absolute atomic E-state index is 0.0937. The highest BCUT2D eigenvalue weighted by molar-refractivity contribution is 5.12. The summed E-state index contributed by atoms with van der Waals surface area (Å²) in [5.41, 5.74) is 5.57. The second-order valence-corrected chi connectivity index (χ2v) is 3.11. The van der Waals surface area contributed by atoms with Crippen molar-refractivity contribution in [1.29, 1.82) is 0 Å². The highest BCUT2D eigenvalue weighted by Crippen LogP contribution is 2.14. The van der Waals surface area contributed by atoms with E-state index in [1.807, 2.05) is 19.1 Å². The molecule has 1 atom stereocenters. The second-order valence-electron chi connectivity index (χ2n) is 3.11. The maximum atomic E-state index is 5.57. The smallest absolute Gasteiger partial charge is 0.240 e. The third-order valence-electron chi connectivity index (χ3n) is 2.01. The summed E-state index contributed by atoms with van der Waals surface area (Å²) in [5.74, 6) is 1.22. The zero-order valence-corrected chi connectivity index (χ0v) is 7.79. The Kier molecular flexibility index (Phi) is 2.18. The summed E-state index contributed by atoms with van der Waals surface area (Å²) < 4.78 is 6.79. The minimum Gasteiger partial charge on any atom is -0.469 e. The molecule has 1 unspecified atom stereocenters. The van der Waals surface area contributed by atoms with Gasteiger partial charge in [-0.25, -0.2) is 4.68 Å². The number of anilines is 1. The summed E-state index contributed by atoms with van der Waals surface area (Å²) in [4.78, 5) is 0. The fourth-order valence-electron chi connectivity index (χ4n) is 1.32. The summed E-state index contributed by atoms with van der Waals surface area (Å²) in [6.07, 6.45) is 2.37. The van der Waals surface area contributed by atoms with Gasteiger partial charge in [-0.2, -0.15) is 0 Å². The van der Waals surface area contributed by atoms with Gasteiger partial charge in [-0.3, -0.25) is 0 Å². The van der Waals surface area contributed by atoms with Gasteiger partial charge in [0, 0.05) is 6.42 Å². The van der Waals surface area contributed by atoms with Gasteiger partial charge in [0.05, 0.1) is 12.3 Å². The number of nitrogen functional groups attached to an aromatic ring is 1. The third kappa shape index (κ3) is 1.59. The molecule has 6 heteroatoms. The molecule has 6 nitrogen and oxygen atoms in total. The minimum atomic E-state index is 0.0937. The van der Waals surface area contributed by atoms with E-state index in [2.05, 4.69) is 15.5 Å². The highest BCUT2D eigenvalue weighted by Gasteiger charge is 2.12. The zero-order valence-electron chi connectivity index (χ0n) is 7.79. The average Bonchev–Trinajstić information content (AvgIpc) is 2.75. The van der Waals surface area contributed by atoms with Crippen LogP contribution in [0.2, 0.25) is 0 Å². The molecule has 2 N–H and O–H groups in total. The van der Waals surface area contributed by atoms with E-state index in [0.29, 0.717) is 5.95 Å². The Morgan fingerprint density at radius 3 is 3.07 bits per heavy atom. The first kappa shape index (κ1) is 8.74. The Balaban J connectivity index is 2.10. The number of hydrogen-bond donors (Lipinski definition) is 1. The maximum Gasteiger partial charge on any atom is 0.240 e. The van der Waals surface area contributed by atoms with Crippen molar-refractivity contribution in [1.82, 2.24) is 20.2 Å². The lowest BCUT2D eigenvalue weighted by Gasteiger charge is -2.09. The molecule has 0 aliphatic carbocycles. The van der Waals surface area contributed by atoms with E-state index in [-0.39, 0.29) is 6.04 Å². The Morgan fingerprint density at radius 1 is 1.64 bits per heavy atom. The molecule has 2 heterocycles. The number of furan rings is 1. The van der Waals surface area contributed by atoms with Crippen molar-refractivity contribution in [2.45, 2.75) is 19.4 Å². The normalized spacial score (nSPS) is 12.9. The Morgan fingerprint density at radius 2 is 2.50 bits per heavy atom. The molecule has 0 bridgehead atoms. The van der Waals surface area contributed by atoms with E-state index in [4.69, 9.17) is 10.2 Å². The lowest BCUT2D eigenvalue weighted by Crippen LogP contribution is -2.12. The van der Waals surface area contributed by atoms with E-state index in [0.717, 1.165) is 12.2 Å². The molecule has 2 aromatic rings. The van der Waals surface area contributed by atoms with Crippen molar-refractivity contribution in [2.24, 2.45) is 0 Å². The number of nitrogens with zero attached hydrogens (tertiary/aromatic N) is 4. The van der Waals surface area contributed by atoms with Crippen LogP contribution in [0, 0.1) is 0 Å². The van der Waals surface area contributed by atoms with Crippen molar-refractivity contribution < 1.29 is 4.42 Å². The van der Waals surface area contributed by atoms with Crippen LogP contribution < -0.4 is 5.73 Å². The molecule has 0 saturated carbocycles. The van der Waals surface area contributed by atoms with E-state index < -0.39 is 0 Å². The lowest BCUT2D eigenvalue weighted by atomic mass is 10.2. The Hall–Kier alpha value is -1.85. The van der Waals surface area contributed by atoms with Gasteiger partial charge in [-0.1, -0.05) is 5.10 Å². The molecule has 74 valence electrons. The molecule has 0 aliphatic heterocycles. The maximum absolute atomic E-state index is 5.57. The van der Waals surface area contributed by atoms with Gasteiger partial charge in [-0.05, 0) is 29.5 Å². The Labute approximate surface area is 80.7 Å². The molecule has 0 aromatic carbocycles. The van der Waals surface area contributed by atoms with Gasteiger partial charge in [0.1, 0.15) is 5.76 Å². The molecule has 0 saturated heterocycles. The summed E-state index contributed by atoms with van der Waals surface area (Å²) in [7, 11) is 0. The number of rotatable bonds is 3. The number of hydrogen-bond acceptors (Lipinski definition) is 5. The molecule has 0 radical (unpaired) electrons. The monoisotopic (exact) mass is 193 g/mol. The quantitative estimate of drug-likeness (QED) is 0.773. The molecule has 0 aliphatic rings. The molecular weight excluding hydrogens is 182 g/mol. The van der Waals surface area contributed by atoms with Crippen LogP contribution in [0.15, 0.2) is 22.8 Å². The van der Waals surface area contributed by atoms with Crippen molar-refractivity contribution >= 4 is 5.95 Å². The lowest BCUT2D eigenvalue weighted by molar-refractivity contribution is 0.422. The topological polar surface area (TPSA) is 82.8 Å². The molecule has 2 rings (SSSR count).